The van der Waals surface area contributed by atoms with Crippen LogP contribution in [0.1, 0.15) is 71.6 Å². The predicted octanol–water partition coefficient (Wildman–Crippen LogP) is 3.81. The monoisotopic (exact) mass is 266 g/mol. The summed E-state index contributed by atoms with van der Waals surface area (Å²) in [7, 11) is 0. The summed E-state index contributed by atoms with van der Waals surface area (Å²) in [5.41, 5.74) is 0. The van der Waals surface area contributed by atoms with E-state index in [9.17, 15) is 0 Å². The molecule has 0 spiro atoms. The fourth-order valence-corrected chi connectivity index (χ4v) is 4.10. The molecule has 112 valence electrons. The SMILES string of the molecule is CCCNC1CC(CCC)CN(C2CCCCC2)C1. The lowest BCUT2D eigenvalue weighted by Gasteiger charge is -2.43. The number of hydrogen-bond acceptors (Lipinski definition) is 2. The molecule has 2 unspecified atom stereocenters. The molecule has 2 nitrogen and oxygen atoms in total. The molecule has 1 aliphatic heterocycles. The van der Waals surface area contributed by atoms with Gasteiger partial charge >= 0.3 is 0 Å². The molecule has 2 rings (SSSR count). The lowest BCUT2D eigenvalue weighted by atomic mass is 9.86. The minimum Gasteiger partial charge on any atom is -0.313 e. The van der Waals surface area contributed by atoms with E-state index in [0.29, 0.717) is 0 Å². The second kappa shape index (κ2) is 8.26. The van der Waals surface area contributed by atoms with Crippen LogP contribution in [0.2, 0.25) is 0 Å². The minimum atomic E-state index is 0.757. The van der Waals surface area contributed by atoms with Gasteiger partial charge in [-0.05, 0) is 44.6 Å². The fourth-order valence-electron chi connectivity index (χ4n) is 4.10. The van der Waals surface area contributed by atoms with Gasteiger partial charge in [-0.2, -0.15) is 0 Å². The Hall–Kier alpha value is -0.0800. The van der Waals surface area contributed by atoms with Crippen LogP contribution in [0.3, 0.4) is 0 Å². The molecule has 0 aromatic rings. The molecular formula is C17H34N2. The summed E-state index contributed by atoms with van der Waals surface area (Å²) in [5.74, 6) is 0.940. The van der Waals surface area contributed by atoms with Crippen molar-refractivity contribution in [2.24, 2.45) is 5.92 Å². The van der Waals surface area contributed by atoms with Gasteiger partial charge in [0.05, 0.1) is 0 Å². The van der Waals surface area contributed by atoms with E-state index in [1.807, 2.05) is 0 Å². The van der Waals surface area contributed by atoms with Crippen LogP contribution in [0.4, 0.5) is 0 Å². The van der Waals surface area contributed by atoms with E-state index in [0.717, 1.165) is 18.0 Å². The summed E-state index contributed by atoms with van der Waals surface area (Å²) < 4.78 is 0. The van der Waals surface area contributed by atoms with Gasteiger partial charge in [0.2, 0.25) is 0 Å². The second-order valence-electron chi connectivity index (χ2n) is 6.79. The molecule has 19 heavy (non-hydrogen) atoms. The molecule has 2 heteroatoms. The Morgan fingerprint density at radius 1 is 1.00 bits per heavy atom. The average Bonchev–Trinajstić information content (AvgIpc) is 2.46. The van der Waals surface area contributed by atoms with Crippen molar-refractivity contribution in [3.8, 4) is 0 Å². The Morgan fingerprint density at radius 3 is 2.47 bits per heavy atom. The van der Waals surface area contributed by atoms with E-state index in [2.05, 4.69) is 24.1 Å². The number of piperidine rings is 1. The van der Waals surface area contributed by atoms with Crippen LogP contribution in [0.15, 0.2) is 0 Å². The molecule has 2 fully saturated rings. The van der Waals surface area contributed by atoms with Crippen molar-refractivity contribution in [2.45, 2.75) is 83.7 Å². The molecular weight excluding hydrogens is 232 g/mol. The van der Waals surface area contributed by atoms with Gasteiger partial charge in [0.1, 0.15) is 0 Å². The molecule has 2 aliphatic rings. The number of nitrogens with zero attached hydrogens (tertiary/aromatic N) is 1. The Morgan fingerprint density at radius 2 is 1.79 bits per heavy atom. The zero-order valence-corrected chi connectivity index (χ0v) is 13.2. The van der Waals surface area contributed by atoms with Crippen LogP contribution >= 0.6 is 0 Å². The van der Waals surface area contributed by atoms with E-state index in [-0.39, 0.29) is 0 Å². The molecule has 1 saturated heterocycles. The topological polar surface area (TPSA) is 15.3 Å². The molecule has 0 aromatic heterocycles. The van der Waals surface area contributed by atoms with Gasteiger partial charge in [-0.3, -0.25) is 4.90 Å². The molecule has 0 radical (unpaired) electrons. The molecule has 1 saturated carbocycles. The number of likely N-dealkylation sites (tertiary alicyclic amines) is 1. The van der Waals surface area contributed by atoms with E-state index < -0.39 is 0 Å². The van der Waals surface area contributed by atoms with Crippen molar-refractivity contribution in [3.63, 3.8) is 0 Å². The predicted molar refractivity (Wildman–Crippen MR) is 83.5 cm³/mol. The van der Waals surface area contributed by atoms with Crippen molar-refractivity contribution in [1.29, 1.82) is 0 Å². The van der Waals surface area contributed by atoms with Crippen LogP contribution < -0.4 is 5.32 Å². The molecule has 1 aliphatic carbocycles. The summed E-state index contributed by atoms with van der Waals surface area (Å²) in [5, 5.41) is 3.79. The first-order chi connectivity index (χ1) is 9.33. The fraction of sp³-hybridized carbons (Fsp3) is 1.00. The van der Waals surface area contributed by atoms with E-state index in [4.69, 9.17) is 0 Å². The normalized spacial score (nSPS) is 30.6. The zero-order chi connectivity index (χ0) is 13.5. The first kappa shape index (κ1) is 15.3. The van der Waals surface area contributed by atoms with E-state index >= 15 is 0 Å². The van der Waals surface area contributed by atoms with Crippen LogP contribution in [0.25, 0.3) is 0 Å². The van der Waals surface area contributed by atoms with E-state index in [1.54, 1.807) is 0 Å². The van der Waals surface area contributed by atoms with Crippen molar-refractivity contribution in [3.05, 3.63) is 0 Å². The van der Waals surface area contributed by atoms with Crippen LogP contribution in [-0.2, 0) is 0 Å². The Labute approximate surface area is 120 Å². The van der Waals surface area contributed by atoms with Gasteiger partial charge in [0.15, 0.2) is 0 Å². The van der Waals surface area contributed by atoms with Gasteiger partial charge in [0, 0.05) is 25.2 Å². The standard InChI is InChI=1S/C17H34N2/c1-3-8-15-12-16(18-11-4-2)14-19(13-15)17-9-6-5-7-10-17/h15-18H,3-14H2,1-2H3. The highest BCUT2D eigenvalue weighted by molar-refractivity contribution is 4.87. The number of rotatable bonds is 6. The Balaban J connectivity index is 1.88. The minimum absolute atomic E-state index is 0.757. The lowest BCUT2D eigenvalue weighted by molar-refractivity contribution is 0.0745. The maximum absolute atomic E-state index is 3.79. The molecule has 0 amide bonds. The summed E-state index contributed by atoms with van der Waals surface area (Å²) in [6, 6.07) is 1.66. The van der Waals surface area contributed by atoms with Crippen LogP contribution in [0.5, 0.6) is 0 Å². The largest absolute Gasteiger partial charge is 0.313 e. The number of nitrogens with one attached hydrogen (secondary N) is 1. The third kappa shape index (κ3) is 4.75. The first-order valence-electron chi connectivity index (χ1n) is 8.80. The third-order valence-electron chi connectivity index (χ3n) is 5.04. The van der Waals surface area contributed by atoms with Crippen LogP contribution in [-0.4, -0.2) is 36.6 Å². The van der Waals surface area contributed by atoms with Gasteiger partial charge in [-0.1, -0.05) is 39.5 Å². The molecule has 1 heterocycles. The molecule has 1 N–H and O–H groups in total. The highest BCUT2D eigenvalue weighted by Crippen LogP contribution is 2.28. The van der Waals surface area contributed by atoms with Gasteiger partial charge in [-0.15, -0.1) is 0 Å². The maximum atomic E-state index is 3.79. The van der Waals surface area contributed by atoms with Crippen molar-refractivity contribution < 1.29 is 0 Å². The second-order valence-corrected chi connectivity index (χ2v) is 6.79. The first-order valence-corrected chi connectivity index (χ1v) is 8.80. The molecule has 0 aromatic carbocycles. The highest BCUT2D eigenvalue weighted by Gasteiger charge is 2.31. The summed E-state index contributed by atoms with van der Waals surface area (Å²) >= 11 is 0. The lowest BCUT2D eigenvalue weighted by Crippen LogP contribution is -2.53. The highest BCUT2D eigenvalue weighted by atomic mass is 15.2. The smallest absolute Gasteiger partial charge is 0.0198 e. The summed E-state index contributed by atoms with van der Waals surface area (Å²) in [6.07, 6.45) is 12.8. The zero-order valence-electron chi connectivity index (χ0n) is 13.2. The molecule has 0 bridgehead atoms. The Kier molecular flexibility index (Phi) is 6.66. The third-order valence-corrected chi connectivity index (χ3v) is 5.04. The number of hydrogen-bond donors (Lipinski definition) is 1. The Bertz CT molecular complexity index is 235. The average molecular weight is 266 g/mol. The summed E-state index contributed by atoms with van der Waals surface area (Å²) in [6.45, 7) is 8.50. The van der Waals surface area contributed by atoms with E-state index in [1.165, 1.54) is 77.4 Å². The van der Waals surface area contributed by atoms with Crippen molar-refractivity contribution in [2.75, 3.05) is 19.6 Å². The van der Waals surface area contributed by atoms with Gasteiger partial charge in [0.25, 0.3) is 0 Å². The quantitative estimate of drug-likeness (QED) is 0.786. The van der Waals surface area contributed by atoms with Gasteiger partial charge < -0.3 is 5.32 Å². The maximum Gasteiger partial charge on any atom is 0.0198 e. The summed E-state index contributed by atoms with van der Waals surface area (Å²) in [4.78, 5) is 2.84. The van der Waals surface area contributed by atoms with Gasteiger partial charge in [-0.25, -0.2) is 0 Å². The van der Waals surface area contributed by atoms with Crippen LogP contribution in [0, 0.1) is 5.92 Å². The van der Waals surface area contributed by atoms with Crippen molar-refractivity contribution >= 4 is 0 Å². The molecule has 2 atom stereocenters. The van der Waals surface area contributed by atoms with Crippen molar-refractivity contribution in [1.82, 2.24) is 10.2 Å².